The number of ether oxygens (including phenoxy) is 2. The van der Waals surface area contributed by atoms with Gasteiger partial charge in [0.15, 0.2) is 0 Å². The van der Waals surface area contributed by atoms with Crippen molar-refractivity contribution in [2.45, 2.75) is 47.1 Å². The van der Waals surface area contributed by atoms with Crippen LogP contribution in [-0.2, 0) is 14.3 Å². The Bertz CT molecular complexity index is 868. The van der Waals surface area contributed by atoms with Crippen molar-refractivity contribution >= 4 is 33.5 Å². The number of esters is 2. The number of fused-ring (bicyclic) bond motifs is 1. The maximum absolute atomic E-state index is 12.9. The number of nitrogens with zero attached hydrogens (tertiary/aromatic N) is 2. The van der Waals surface area contributed by atoms with E-state index in [9.17, 15) is 14.4 Å². The van der Waals surface area contributed by atoms with Crippen molar-refractivity contribution in [2.75, 3.05) is 13.2 Å². The topological polar surface area (TPSA) is 87.5 Å². The first-order valence-electron chi connectivity index (χ1n) is 8.65. The van der Waals surface area contributed by atoms with Gasteiger partial charge in [-0.1, -0.05) is 20.8 Å². The first kappa shape index (κ1) is 20.1. The van der Waals surface area contributed by atoms with Crippen LogP contribution in [0.25, 0.3) is 10.2 Å². The SMILES string of the molecule is CCOC(=O)[C@@H](CC)n1cnc2sc(C(=O)OCC(C)C)c(C)c2c1=O. The Morgan fingerprint density at radius 3 is 2.54 bits per heavy atom. The van der Waals surface area contributed by atoms with Gasteiger partial charge in [-0.3, -0.25) is 9.36 Å². The van der Waals surface area contributed by atoms with E-state index >= 15 is 0 Å². The third kappa shape index (κ3) is 3.95. The lowest BCUT2D eigenvalue weighted by molar-refractivity contribution is -0.147. The molecule has 0 unspecified atom stereocenters. The first-order valence-corrected chi connectivity index (χ1v) is 9.47. The highest BCUT2D eigenvalue weighted by molar-refractivity contribution is 7.20. The number of hydrogen-bond acceptors (Lipinski definition) is 7. The van der Waals surface area contributed by atoms with E-state index in [2.05, 4.69) is 4.98 Å². The predicted octanol–water partition coefficient (Wildman–Crippen LogP) is 3.09. The van der Waals surface area contributed by atoms with Crippen LogP contribution in [0, 0.1) is 12.8 Å². The molecule has 7 nitrogen and oxygen atoms in total. The maximum Gasteiger partial charge on any atom is 0.348 e. The molecule has 0 bridgehead atoms. The number of thiophene rings is 1. The first-order chi connectivity index (χ1) is 12.3. The summed E-state index contributed by atoms with van der Waals surface area (Å²) in [5, 5.41) is 0.344. The van der Waals surface area contributed by atoms with Crippen molar-refractivity contribution in [1.82, 2.24) is 9.55 Å². The van der Waals surface area contributed by atoms with Crippen molar-refractivity contribution in [1.29, 1.82) is 0 Å². The largest absolute Gasteiger partial charge is 0.464 e. The van der Waals surface area contributed by atoms with E-state index in [0.29, 0.717) is 33.7 Å². The monoisotopic (exact) mass is 380 g/mol. The molecule has 0 spiro atoms. The molecule has 26 heavy (non-hydrogen) atoms. The summed E-state index contributed by atoms with van der Waals surface area (Å²) in [6.45, 7) is 9.66. The Morgan fingerprint density at radius 1 is 1.27 bits per heavy atom. The molecule has 8 heteroatoms. The van der Waals surface area contributed by atoms with Crippen molar-refractivity contribution in [3.63, 3.8) is 0 Å². The second kappa shape index (κ2) is 8.44. The molecule has 0 aliphatic heterocycles. The van der Waals surface area contributed by atoms with Crippen molar-refractivity contribution < 1.29 is 19.1 Å². The zero-order chi connectivity index (χ0) is 19.4. The van der Waals surface area contributed by atoms with Crippen LogP contribution >= 0.6 is 11.3 Å². The van der Waals surface area contributed by atoms with Crippen LogP contribution in [0.15, 0.2) is 11.1 Å². The lowest BCUT2D eigenvalue weighted by atomic mass is 10.2. The van der Waals surface area contributed by atoms with Gasteiger partial charge in [-0.25, -0.2) is 14.6 Å². The van der Waals surface area contributed by atoms with Crippen LogP contribution in [0.5, 0.6) is 0 Å². The summed E-state index contributed by atoms with van der Waals surface area (Å²) in [5.41, 5.74) is 0.177. The fourth-order valence-corrected chi connectivity index (χ4v) is 3.61. The van der Waals surface area contributed by atoms with E-state index in [0.717, 1.165) is 11.3 Å². The molecule has 0 amide bonds. The van der Waals surface area contributed by atoms with E-state index in [1.807, 2.05) is 13.8 Å². The van der Waals surface area contributed by atoms with Gasteiger partial charge in [0.05, 0.1) is 24.9 Å². The number of carbonyl (C=O) groups excluding carboxylic acids is 2. The molecule has 2 aromatic heterocycles. The summed E-state index contributed by atoms with van der Waals surface area (Å²) in [6.07, 6.45) is 1.74. The number of aromatic nitrogens is 2. The van der Waals surface area contributed by atoms with E-state index in [-0.39, 0.29) is 18.1 Å². The highest BCUT2D eigenvalue weighted by atomic mass is 32.1. The highest BCUT2D eigenvalue weighted by Gasteiger charge is 2.25. The van der Waals surface area contributed by atoms with Crippen LogP contribution in [0.4, 0.5) is 0 Å². The van der Waals surface area contributed by atoms with E-state index < -0.39 is 18.0 Å². The van der Waals surface area contributed by atoms with E-state index in [4.69, 9.17) is 9.47 Å². The maximum atomic E-state index is 12.9. The molecule has 2 heterocycles. The van der Waals surface area contributed by atoms with Gasteiger partial charge in [0.2, 0.25) is 0 Å². The minimum absolute atomic E-state index is 0.221. The average molecular weight is 380 g/mol. The van der Waals surface area contributed by atoms with Gasteiger partial charge in [-0.2, -0.15) is 0 Å². The molecule has 0 aromatic carbocycles. The summed E-state index contributed by atoms with van der Waals surface area (Å²) in [5.74, 6) is -0.704. The Kier molecular flexibility index (Phi) is 6.52. The molecule has 0 fully saturated rings. The molecule has 0 aliphatic carbocycles. The zero-order valence-corrected chi connectivity index (χ0v) is 16.5. The fourth-order valence-electron chi connectivity index (χ4n) is 2.58. The van der Waals surface area contributed by atoms with Gasteiger partial charge in [-0.15, -0.1) is 11.3 Å². The minimum Gasteiger partial charge on any atom is -0.464 e. The van der Waals surface area contributed by atoms with Gasteiger partial charge in [-0.05, 0) is 31.7 Å². The van der Waals surface area contributed by atoms with E-state index in [1.54, 1.807) is 20.8 Å². The number of rotatable bonds is 7. The summed E-state index contributed by atoms with van der Waals surface area (Å²) >= 11 is 1.13. The lowest BCUT2D eigenvalue weighted by Gasteiger charge is -2.16. The molecule has 1 atom stereocenters. The second-order valence-corrected chi connectivity index (χ2v) is 7.36. The summed E-state index contributed by atoms with van der Waals surface area (Å²) < 4.78 is 11.6. The van der Waals surface area contributed by atoms with Crippen LogP contribution in [0.2, 0.25) is 0 Å². The standard InChI is InChI=1S/C18H24N2O5S/c1-6-12(17(22)24-7-2)20-9-19-15-13(16(20)21)11(5)14(26-15)18(23)25-8-10(3)4/h9-10,12H,6-8H2,1-5H3/t12-/m1/s1. The van der Waals surface area contributed by atoms with Crippen LogP contribution in [0.1, 0.15) is 55.4 Å². The summed E-state index contributed by atoms with van der Waals surface area (Å²) in [6, 6.07) is -0.741. The molecule has 0 aliphatic rings. The molecule has 0 radical (unpaired) electrons. The Morgan fingerprint density at radius 2 is 1.96 bits per heavy atom. The molecule has 0 saturated carbocycles. The Hall–Kier alpha value is -2.22. The van der Waals surface area contributed by atoms with Crippen LogP contribution < -0.4 is 5.56 Å². The molecule has 2 aromatic rings. The fraction of sp³-hybridized carbons (Fsp3) is 0.556. The Labute approximate surface area is 155 Å². The summed E-state index contributed by atoms with van der Waals surface area (Å²) in [7, 11) is 0. The molecule has 142 valence electrons. The molecule has 2 rings (SSSR count). The van der Waals surface area contributed by atoms with Crippen molar-refractivity contribution in [3.8, 4) is 0 Å². The molecule has 0 N–H and O–H groups in total. The summed E-state index contributed by atoms with van der Waals surface area (Å²) in [4.78, 5) is 42.5. The van der Waals surface area contributed by atoms with Gasteiger partial charge in [0.1, 0.15) is 15.7 Å². The lowest BCUT2D eigenvalue weighted by Crippen LogP contribution is -2.31. The minimum atomic E-state index is -0.741. The average Bonchev–Trinajstić information content (AvgIpc) is 2.93. The third-order valence-electron chi connectivity index (χ3n) is 3.89. The van der Waals surface area contributed by atoms with Gasteiger partial charge in [0, 0.05) is 0 Å². The number of aryl methyl sites for hydroxylation is 1. The third-order valence-corrected chi connectivity index (χ3v) is 5.07. The quantitative estimate of drug-likeness (QED) is 0.686. The molecular formula is C18H24N2O5S. The highest BCUT2D eigenvalue weighted by Crippen LogP contribution is 2.28. The number of carbonyl (C=O) groups is 2. The van der Waals surface area contributed by atoms with Gasteiger partial charge >= 0.3 is 11.9 Å². The smallest absolute Gasteiger partial charge is 0.348 e. The molecular weight excluding hydrogens is 356 g/mol. The predicted molar refractivity (Wildman–Crippen MR) is 99.7 cm³/mol. The van der Waals surface area contributed by atoms with Gasteiger partial charge in [0.25, 0.3) is 5.56 Å². The Balaban J connectivity index is 2.48. The van der Waals surface area contributed by atoms with Crippen LogP contribution in [0.3, 0.4) is 0 Å². The van der Waals surface area contributed by atoms with Crippen molar-refractivity contribution in [2.24, 2.45) is 5.92 Å². The number of hydrogen-bond donors (Lipinski definition) is 0. The normalized spacial score (nSPS) is 12.4. The van der Waals surface area contributed by atoms with E-state index in [1.165, 1.54) is 10.9 Å². The second-order valence-electron chi connectivity index (χ2n) is 6.36. The van der Waals surface area contributed by atoms with Crippen LogP contribution in [-0.4, -0.2) is 34.7 Å². The van der Waals surface area contributed by atoms with Crippen molar-refractivity contribution in [3.05, 3.63) is 27.1 Å². The molecule has 0 saturated heterocycles. The zero-order valence-electron chi connectivity index (χ0n) is 15.7. The van der Waals surface area contributed by atoms with Gasteiger partial charge < -0.3 is 9.47 Å².